The monoisotopic (exact) mass is 234 g/mol. The van der Waals surface area contributed by atoms with E-state index in [4.69, 9.17) is 4.74 Å². The molecule has 1 aromatic carbocycles. The van der Waals surface area contributed by atoms with Crippen LogP contribution in [0.2, 0.25) is 0 Å². The normalized spacial score (nSPS) is 21.8. The molecule has 1 aliphatic carbocycles. The van der Waals surface area contributed by atoms with Crippen molar-refractivity contribution in [3.8, 4) is 5.75 Å². The van der Waals surface area contributed by atoms with Crippen LogP contribution in [0.1, 0.15) is 47.9 Å². The van der Waals surface area contributed by atoms with Gasteiger partial charge in [-0.15, -0.1) is 0 Å². The summed E-state index contributed by atoms with van der Waals surface area (Å²) in [5, 5.41) is 10.3. The van der Waals surface area contributed by atoms with Crippen molar-refractivity contribution < 1.29 is 14.6 Å². The van der Waals surface area contributed by atoms with E-state index in [0.29, 0.717) is 11.3 Å². The van der Waals surface area contributed by atoms with Crippen LogP contribution in [0.25, 0.3) is 0 Å². The van der Waals surface area contributed by atoms with Crippen LogP contribution in [0.3, 0.4) is 0 Å². The summed E-state index contributed by atoms with van der Waals surface area (Å²) in [6, 6.07) is 3.63. The number of methoxy groups -OCH3 is 1. The molecule has 0 fully saturated rings. The molecule has 0 radical (unpaired) electrons. The van der Waals surface area contributed by atoms with Gasteiger partial charge in [0.2, 0.25) is 0 Å². The Kier molecular flexibility index (Phi) is 2.96. The van der Waals surface area contributed by atoms with E-state index in [1.165, 1.54) is 7.11 Å². The predicted molar refractivity (Wildman–Crippen MR) is 65.4 cm³/mol. The molecule has 0 aromatic heterocycles. The van der Waals surface area contributed by atoms with Gasteiger partial charge in [0.05, 0.1) is 18.8 Å². The Labute approximate surface area is 101 Å². The highest BCUT2D eigenvalue weighted by molar-refractivity contribution is 5.80. The molecule has 0 saturated carbocycles. The second kappa shape index (κ2) is 4.15. The molecule has 0 bridgehead atoms. The van der Waals surface area contributed by atoms with Gasteiger partial charge >= 0.3 is 0 Å². The first-order chi connectivity index (χ1) is 7.99. The number of carbonyl (C=O) groups excluding carboxylic acids is 1. The molecule has 1 aliphatic rings. The summed E-state index contributed by atoms with van der Waals surface area (Å²) in [6.07, 6.45) is 2.11. The van der Waals surface area contributed by atoms with Crippen molar-refractivity contribution in [2.45, 2.75) is 32.8 Å². The fourth-order valence-electron chi connectivity index (χ4n) is 2.41. The predicted octanol–water partition coefficient (Wildman–Crippen LogP) is 2.51. The zero-order chi connectivity index (χ0) is 12.6. The largest absolute Gasteiger partial charge is 0.496 e. The van der Waals surface area contributed by atoms with Crippen molar-refractivity contribution in [1.29, 1.82) is 0 Å². The average Bonchev–Trinajstić information content (AvgIpc) is 2.33. The maximum absolute atomic E-state index is 10.9. The number of aryl methyl sites for hydroxylation is 1. The molecule has 17 heavy (non-hydrogen) atoms. The second-order valence-electron chi connectivity index (χ2n) is 5.30. The smallest absolute Gasteiger partial charge is 0.153 e. The molecule has 0 aliphatic heterocycles. The van der Waals surface area contributed by atoms with Gasteiger partial charge in [-0.05, 0) is 41.5 Å². The Balaban J connectivity index is 2.54. The van der Waals surface area contributed by atoms with Crippen LogP contribution >= 0.6 is 0 Å². The number of rotatable bonds is 2. The van der Waals surface area contributed by atoms with Crippen molar-refractivity contribution in [2.75, 3.05) is 7.11 Å². The molecular formula is C14H18O3. The topological polar surface area (TPSA) is 46.5 Å². The van der Waals surface area contributed by atoms with Gasteiger partial charge in [0.1, 0.15) is 5.75 Å². The highest BCUT2D eigenvalue weighted by Gasteiger charge is 2.35. The summed E-state index contributed by atoms with van der Waals surface area (Å²) < 4.78 is 5.18. The van der Waals surface area contributed by atoms with E-state index in [-0.39, 0.29) is 5.41 Å². The SMILES string of the molecule is COc1cc2c(cc1C=O)CCC(C)(C)C2O. The Morgan fingerprint density at radius 3 is 2.76 bits per heavy atom. The summed E-state index contributed by atoms with van der Waals surface area (Å²) >= 11 is 0. The lowest BCUT2D eigenvalue weighted by atomic mass is 9.71. The van der Waals surface area contributed by atoms with Crippen LogP contribution < -0.4 is 4.74 Å². The van der Waals surface area contributed by atoms with E-state index >= 15 is 0 Å². The number of hydrogen-bond donors (Lipinski definition) is 1. The van der Waals surface area contributed by atoms with Crippen LogP contribution in [0.15, 0.2) is 12.1 Å². The maximum Gasteiger partial charge on any atom is 0.153 e. The molecule has 1 atom stereocenters. The van der Waals surface area contributed by atoms with E-state index < -0.39 is 6.10 Å². The third-order valence-electron chi connectivity index (χ3n) is 3.69. The second-order valence-corrected chi connectivity index (χ2v) is 5.30. The molecule has 0 spiro atoms. The van der Waals surface area contributed by atoms with Crippen molar-refractivity contribution in [2.24, 2.45) is 5.41 Å². The minimum absolute atomic E-state index is 0.124. The molecule has 2 rings (SSSR count). The average molecular weight is 234 g/mol. The summed E-state index contributed by atoms with van der Waals surface area (Å²) in [5.74, 6) is 0.538. The number of aliphatic hydroxyl groups is 1. The molecule has 3 nitrogen and oxygen atoms in total. The molecule has 1 unspecified atom stereocenters. The van der Waals surface area contributed by atoms with Gasteiger partial charge in [-0.25, -0.2) is 0 Å². The molecule has 0 amide bonds. The van der Waals surface area contributed by atoms with Gasteiger partial charge in [-0.1, -0.05) is 13.8 Å². The fourth-order valence-corrected chi connectivity index (χ4v) is 2.41. The minimum atomic E-state index is -0.499. The summed E-state index contributed by atoms with van der Waals surface area (Å²) in [4.78, 5) is 10.9. The van der Waals surface area contributed by atoms with Crippen molar-refractivity contribution in [3.63, 3.8) is 0 Å². The van der Waals surface area contributed by atoms with E-state index in [9.17, 15) is 9.90 Å². The van der Waals surface area contributed by atoms with Gasteiger partial charge in [0, 0.05) is 0 Å². The number of ether oxygens (including phenoxy) is 1. The van der Waals surface area contributed by atoms with E-state index in [2.05, 4.69) is 13.8 Å². The van der Waals surface area contributed by atoms with Gasteiger partial charge in [-0.3, -0.25) is 4.79 Å². The summed E-state index contributed by atoms with van der Waals surface area (Å²) in [7, 11) is 1.54. The number of aliphatic hydroxyl groups excluding tert-OH is 1. The molecule has 92 valence electrons. The van der Waals surface area contributed by atoms with Crippen LogP contribution in [0, 0.1) is 5.41 Å². The number of fused-ring (bicyclic) bond motifs is 1. The first-order valence-corrected chi connectivity index (χ1v) is 5.83. The van der Waals surface area contributed by atoms with Crippen LogP contribution in [-0.4, -0.2) is 18.5 Å². The Hall–Kier alpha value is -1.35. The molecule has 0 heterocycles. The van der Waals surface area contributed by atoms with Gasteiger partial charge < -0.3 is 9.84 Å². The van der Waals surface area contributed by atoms with Gasteiger partial charge in [0.25, 0.3) is 0 Å². The zero-order valence-corrected chi connectivity index (χ0v) is 10.5. The van der Waals surface area contributed by atoms with Gasteiger partial charge in [0.15, 0.2) is 6.29 Å². The quantitative estimate of drug-likeness (QED) is 0.800. The lowest BCUT2D eigenvalue weighted by Crippen LogP contribution is -2.28. The third kappa shape index (κ3) is 1.95. The van der Waals surface area contributed by atoms with E-state index in [1.54, 1.807) is 6.07 Å². The first-order valence-electron chi connectivity index (χ1n) is 5.83. The first kappa shape index (κ1) is 12.1. The third-order valence-corrected chi connectivity index (χ3v) is 3.69. The molecule has 3 heteroatoms. The van der Waals surface area contributed by atoms with Crippen molar-refractivity contribution in [3.05, 3.63) is 28.8 Å². The molecular weight excluding hydrogens is 216 g/mol. The van der Waals surface area contributed by atoms with Crippen molar-refractivity contribution >= 4 is 6.29 Å². The van der Waals surface area contributed by atoms with Crippen LogP contribution in [0.5, 0.6) is 5.75 Å². The number of benzene rings is 1. The Morgan fingerprint density at radius 1 is 1.47 bits per heavy atom. The van der Waals surface area contributed by atoms with Crippen molar-refractivity contribution in [1.82, 2.24) is 0 Å². The summed E-state index contributed by atoms with van der Waals surface area (Å²) in [6.45, 7) is 4.11. The lowest BCUT2D eigenvalue weighted by Gasteiger charge is -2.37. The van der Waals surface area contributed by atoms with E-state index in [0.717, 1.165) is 30.3 Å². The Morgan fingerprint density at radius 2 is 2.18 bits per heavy atom. The molecule has 1 N–H and O–H groups in total. The van der Waals surface area contributed by atoms with E-state index in [1.807, 2.05) is 6.07 Å². The molecule has 1 aromatic rings. The fraction of sp³-hybridized carbons (Fsp3) is 0.500. The zero-order valence-electron chi connectivity index (χ0n) is 10.5. The highest BCUT2D eigenvalue weighted by atomic mass is 16.5. The van der Waals surface area contributed by atoms with Crippen LogP contribution in [0.4, 0.5) is 0 Å². The lowest BCUT2D eigenvalue weighted by molar-refractivity contribution is 0.0337. The summed E-state index contributed by atoms with van der Waals surface area (Å²) in [5.41, 5.74) is 2.38. The minimum Gasteiger partial charge on any atom is -0.496 e. The highest BCUT2D eigenvalue weighted by Crippen LogP contribution is 2.44. The maximum atomic E-state index is 10.9. The standard InChI is InChI=1S/C14H18O3/c1-14(2)5-4-9-6-10(8-15)12(17-3)7-11(9)13(14)16/h6-8,13,16H,4-5H2,1-3H3. The Bertz CT molecular complexity index is 449. The number of hydrogen-bond acceptors (Lipinski definition) is 3. The number of carbonyl (C=O) groups is 1. The number of aldehydes is 1. The molecule has 0 saturated heterocycles. The van der Waals surface area contributed by atoms with Gasteiger partial charge in [-0.2, -0.15) is 0 Å². The van der Waals surface area contributed by atoms with Crippen LogP contribution in [-0.2, 0) is 6.42 Å².